The molecule has 0 aliphatic rings. The first-order valence-corrected chi connectivity index (χ1v) is 6.73. The van der Waals surface area contributed by atoms with Gasteiger partial charge >= 0.3 is 0 Å². The first kappa shape index (κ1) is 14.7. The van der Waals surface area contributed by atoms with Crippen molar-refractivity contribution in [3.05, 3.63) is 22.7 Å². The largest absolute Gasteiger partial charge is 0.352 e. The Balaban J connectivity index is 2.53. The van der Waals surface area contributed by atoms with E-state index in [1.807, 2.05) is 11.8 Å². The number of nitrogens with zero attached hydrogens (tertiary/aromatic N) is 3. The van der Waals surface area contributed by atoms with Crippen LogP contribution in [0.15, 0.2) is 17.2 Å². The van der Waals surface area contributed by atoms with Crippen LogP contribution >= 0.6 is 0 Å². The Morgan fingerprint density at radius 1 is 1.17 bits per heavy atom. The maximum atomic E-state index is 11.7. The third-order valence-electron chi connectivity index (χ3n) is 3.17. The molecule has 0 saturated heterocycles. The van der Waals surface area contributed by atoms with Gasteiger partial charge in [-0.15, -0.1) is 0 Å². The van der Waals surface area contributed by atoms with Crippen LogP contribution in [0.5, 0.6) is 0 Å². The van der Waals surface area contributed by atoms with Crippen LogP contribution in [0.1, 0.15) is 27.2 Å². The summed E-state index contributed by atoms with van der Waals surface area (Å²) in [6.07, 6.45) is 4.24. The van der Waals surface area contributed by atoms with E-state index in [0.29, 0.717) is 5.82 Å². The number of aromatic amines is 1. The molecular weight excluding hydrogens is 228 g/mol. The Bertz CT molecular complexity index is 387. The second kappa shape index (κ2) is 7.87. The zero-order valence-corrected chi connectivity index (χ0v) is 11.6. The van der Waals surface area contributed by atoms with Crippen molar-refractivity contribution in [3.63, 3.8) is 0 Å². The second-order valence-electron chi connectivity index (χ2n) is 4.20. The van der Waals surface area contributed by atoms with E-state index >= 15 is 0 Å². The molecule has 0 radical (unpaired) electrons. The Kier molecular flexibility index (Phi) is 6.43. The molecule has 102 valence electrons. The van der Waals surface area contributed by atoms with Gasteiger partial charge in [-0.2, -0.15) is 0 Å². The van der Waals surface area contributed by atoms with Gasteiger partial charge in [0.15, 0.2) is 5.82 Å². The topological polar surface area (TPSA) is 52.2 Å². The van der Waals surface area contributed by atoms with Gasteiger partial charge in [0, 0.05) is 25.5 Å². The van der Waals surface area contributed by atoms with Crippen molar-refractivity contribution in [2.24, 2.45) is 0 Å². The molecule has 0 atom stereocenters. The highest BCUT2D eigenvalue weighted by molar-refractivity contribution is 5.34. The van der Waals surface area contributed by atoms with Gasteiger partial charge in [0.1, 0.15) is 0 Å². The average Bonchev–Trinajstić information content (AvgIpc) is 2.40. The molecule has 1 aromatic heterocycles. The highest BCUT2D eigenvalue weighted by Gasteiger charge is 2.09. The van der Waals surface area contributed by atoms with Crippen LogP contribution in [0.25, 0.3) is 0 Å². The molecular formula is C13H24N4O. The molecule has 0 aliphatic heterocycles. The monoisotopic (exact) mass is 252 g/mol. The molecule has 0 aromatic carbocycles. The molecule has 18 heavy (non-hydrogen) atoms. The number of hydrogen-bond acceptors (Lipinski definition) is 4. The summed E-state index contributed by atoms with van der Waals surface area (Å²) in [7, 11) is 0. The summed E-state index contributed by atoms with van der Waals surface area (Å²) in [5.74, 6) is 0.527. The summed E-state index contributed by atoms with van der Waals surface area (Å²) in [5, 5.41) is 0. The summed E-state index contributed by atoms with van der Waals surface area (Å²) >= 11 is 0. The summed E-state index contributed by atoms with van der Waals surface area (Å²) in [6, 6.07) is 0. The van der Waals surface area contributed by atoms with Crippen LogP contribution in [0.4, 0.5) is 5.82 Å². The Morgan fingerprint density at radius 2 is 1.89 bits per heavy atom. The smallest absolute Gasteiger partial charge is 0.290 e. The molecule has 0 spiro atoms. The fourth-order valence-corrected chi connectivity index (χ4v) is 2.01. The van der Waals surface area contributed by atoms with Gasteiger partial charge in [0.25, 0.3) is 5.56 Å². The van der Waals surface area contributed by atoms with E-state index in [0.717, 1.165) is 39.1 Å². The molecule has 1 rings (SSSR count). The van der Waals surface area contributed by atoms with Gasteiger partial charge in [-0.3, -0.25) is 4.79 Å². The molecule has 1 N–H and O–H groups in total. The quantitative estimate of drug-likeness (QED) is 0.758. The molecule has 0 bridgehead atoms. The number of aromatic nitrogens is 2. The first-order valence-electron chi connectivity index (χ1n) is 6.73. The zero-order chi connectivity index (χ0) is 13.4. The summed E-state index contributed by atoms with van der Waals surface area (Å²) in [6.45, 7) is 11.3. The number of anilines is 1. The van der Waals surface area contributed by atoms with E-state index in [-0.39, 0.29) is 5.56 Å². The summed E-state index contributed by atoms with van der Waals surface area (Å²) in [4.78, 5) is 22.9. The molecule has 0 saturated carbocycles. The fourth-order valence-electron chi connectivity index (χ4n) is 2.01. The predicted octanol–water partition coefficient (Wildman–Crippen LogP) is 1.33. The van der Waals surface area contributed by atoms with Crippen molar-refractivity contribution < 1.29 is 0 Å². The third-order valence-corrected chi connectivity index (χ3v) is 3.17. The van der Waals surface area contributed by atoms with Crippen molar-refractivity contribution >= 4 is 5.82 Å². The minimum atomic E-state index is -0.109. The zero-order valence-electron chi connectivity index (χ0n) is 11.6. The van der Waals surface area contributed by atoms with Gasteiger partial charge in [-0.1, -0.05) is 13.8 Å². The minimum Gasteiger partial charge on any atom is -0.352 e. The standard InChI is InChI=1S/C13H24N4O/c1-4-16(5-2)10-7-11-17(6-3)12-13(18)15-9-8-14-12/h8-9H,4-7,10-11H2,1-3H3,(H,15,18). The molecule has 1 aromatic rings. The Hall–Kier alpha value is -1.36. The molecule has 5 nitrogen and oxygen atoms in total. The highest BCUT2D eigenvalue weighted by atomic mass is 16.1. The van der Waals surface area contributed by atoms with Crippen LogP contribution in [0.2, 0.25) is 0 Å². The van der Waals surface area contributed by atoms with E-state index < -0.39 is 0 Å². The van der Waals surface area contributed by atoms with Crippen molar-refractivity contribution in [2.75, 3.05) is 37.6 Å². The molecule has 1 heterocycles. The Morgan fingerprint density at radius 3 is 2.44 bits per heavy atom. The molecule has 0 aliphatic carbocycles. The van der Waals surface area contributed by atoms with Crippen LogP contribution < -0.4 is 10.5 Å². The van der Waals surface area contributed by atoms with Crippen LogP contribution in [-0.4, -0.2) is 47.6 Å². The molecule has 0 fully saturated rings. The van der Waals surface area contributed by atoms with Gasteiger partial charge in [0.05, 0.1) is 0 Å². The molecule has 0 unspecified atom stereocenters. The van der Waals surface area contributed by atoms with Gasteiger partial charge in [0.2, 0.25) is 0 Å². The third kappa shape index (κ3) is 4.14. The number of rotatable bonds is 8. The first-order chi connectivity index (χ1) is 8.72. The van der Waals surface area contributed by atoms with Gasteiger partial charge < -0.3 is 14.8 Å². The number of H-pyrrole nitrogens is 1. The van der Waals surface area contributed by atoms with Crippen molar-refractivity contribution in [3.8, 4) is 0 Å². The maximum Gasteiger partial charge on any atom is 0.290 e. The molecule has 0 amide bonds. The molecule has 5 heteroatoms. The lowest BCUT2D eigenvalue weighted by Crippen LogP contribution is -2.33. The van der Waals surface area contributed by atoms with E-state index in [1.165, 1.54) is 0 Å². The van der Waals surface area contributed by atoms with Gasteiger partial charge in [-0.25, -0.2) is 4.98 Å². The van der Waals surface area contributed by atoms with Crippen molar-refractivity contribution in [1.29, 1.82) is 0 Å². The summed E-state index contributed by atoms with van der Waals surface area (Å²) < 4.78 is 0. The lowest BCUT2D eigenvalue weighted by molar-refractivity contribution is 0.300. The van der Waals surface area contributed by atoms with E-state index in [2.05, 4.69) is 28.7 Å². The SMILES string of the molecule is CCN(CC)CCCN(CC)c1ncc[nH]c1=O. The lowest BCUT2D eigenvalue weighted by atomic mass is 10.3. The highest BCUT2D eigenvalue weighted by Crippen LogP contribution is 2.03. The van der Waals surface area contributed by atoms with Crippen molar-refractivity contribution in [1.82, 2.24) is 14.9 Å². The van der Waals surface area contributed by atoms with E-state index in [9.17, 15) is 4.79 Å². The van der Waals surface area contributed by atoms with E-state index in [4.69, 9.17) is 0 Å². The van der Waals surface area contributed by atoms with Crippen LogP contribution in [-0.2, 0) is 0 Å². The lowest BCUT2D eigenvalue weighted by Gasteiger charge is -2.23. The average molecular weight is 252 g/mol. The van der Waals surface area contributed by atoms with Crippen LogP contribution in [0, 0.1) is 0 Å². The fraction of sp³-hybridized carbons (Fsp3) is 0.692. The van der Waals surface area contributed by atoms with E-state index in [1.54, 1.807) is 12.4 Å². The minimum absolute atomic E-state index is 0.109. The second-order valence-corrected chi connectivity index (χ2v) is 4.20. The van der Waals surface area contributed by atoms with Crippen LogP contribution in [0.3, 0.4) is 0 Å². The number of hydrogen-bond donors (Lipinski definition) is 1. The van der Waals surface area contributed by atoms with Crippen molar-refractivity contribution in [2.45, 2.75) is 27.2 Å². The predicted molar refractivity (Wildman–Crippen MR) is 75.1 cm³/mol. The van der Waals surface area contributed by atoms with Gasteiger partial charge in [-0.05, 0) is 33.0 Å². The maximum absolute atomic E-state index is 11.7. The summed E-state index contributed by atoms with van der Waals surface area (Å²) in [5.41, 5.74) is -0.109. The number of nitrogens with one attached hydrogen (secondary N) is 1. The normalized spacial score (nSPS) is 10.9. The Labute approximate surface area is 109 Å².